The summed E-state index contributed by atoms with van der Waals surface area (Å²) in [6.45, 7) is 1.24. The van der Waals surface area contributed by atoms with E-state index in [9.17, 15) is 14.4 Å². The molecule has 3 aromatic rings. The number of ether oxygens (including phenoxy) is 3. The molecule has 0 aliphatic rings. The van der Waals surface area contributed by atoms with Crippen molar-refractivity contribution in [3.05, 3.63) is 84.2 Å². The fourth-order valence-electron chi connectivity index (χ4n) is 2.27. The van der Waals surface area contributed by atoms with Crippen LogP contribution in [-0.2, 0) is 4.79 Å². The molecule has 0 spiro atoms. The van der Waals surface area contributed by atoms with Gasteiger partial charge in [0.25, 0.3) is 0 Å². The number of nitrogens with zero attached hydrogens (tertiary/aromatic N) is 1. The van der Waals surface area contributed by atoms with Gasteiger partial charge in [0, 0.05) is 19.3 Å². The molecule has 0 atom stereocenters. The van der Waals surface area contributed by atoms with E-state index in [0.717, 1.165) is 0 Å². The van der Waals surface area contributed by atoms with Gasteiger partial charge in [-0.1, -0.05) is 12.1 Å². The van der Waals surface area contributed by atoms with Crippen LogP contribution < -0.4 is 14.2 Å². The molecule has 0 amide bonds. The van der Waals surface area contributed by atoms with Gasteiger partial charge in [-0.3, -0.25) is 9.78 Å². The lowest BCUT2D eigenvalue weighted by Crippen LogP contribution is -2.12. The zero-order valence-corrected chi connectivity index (χ0v) is 14.8. The van der Waals surface area contributed by atoms with Crippen LogP contribution in [0.25, 0.3) is 0 Å². The minimum atomic E-state index is -0.683. The number of esters is 3. The van der Waals surface area contributed by atoms with E-state index in [0.29, 0.717) is 5.56 Å². The monoisotopic (exact) mass is 377 g/mol. The van der Waals surface area contributed by atoms with E-state index in [1.807, 2.05) is 0 Å². The first-order valence-electron chi connectivity index (χ1n) is 8.25. The standard InChI is InChI=1S/C21H15NO6/c1-14(23)26-19-7-3-2-6-18(19)21(25)28-17-10-8-16(9-11-17)27-20(24)15-5-4-12-22-13-15/h2-13H,1H3. The zero-order chi connectivity index (χ0) is 19.9. The van der Waals surface area contributed by atoms with Crippen molar-refractivity contribution in [2.24, 2.45) is 0 Å². The SMILES string of the molecule is CC(=O)Oc1ccccc1C(=O)Oc1ccc(OC(=O)c2cccnc2)cc1. The number of rotatable bonds is 5. The second kappa shape index (κ2) is 8.59. The Morgan fingerprint density at radius 1 is 0.750 bits per heavy atom. The summed E-state index contributed by atoms with van der Waals surface area (Å²) in [6.07, 6.45) is 2.96. The van der Waals surface area contributed by atoms with Crippen LogP contribution in [0.3, 0.4) is 0 Å². The highest BCUT2D eigenvalue weighted by atomic mass is 16.6. The van der Waals surface area contributed by atoms with Crippen molar-refractivity contribution in [3.63, 3.8) is 0 Å². The molecule has 0 fully saturated rings. The molecule has 28 heavy (non-hydrogen) atoms. The Kier molecular flexibility index (Phi) is 5.76. The van der Waals surface area contributed by atoms with E-state index >= 15 is 0 Å². The molecule has 0 saturated carbocycles. The molecular weight excluding hydrogens is 362 g/mol. The summed E-state index contributed by atoms with van der Waals surface area (Å²) < 4.78 is 15.5. The van der Waals surface area contributed by atoms with Crippen LogP contribution >= 0.6 is 0 Å². The van der Waals surface area contributed by atoms with Crippen LogP contribution in [0.2, 0.25) is 0 Å². The summed E-state index contributed by atoms with van der Waals surface area (Å²) >= 11 is 0. The van der Waals surface area contributed by atoms with Crippen molar-refractivity contribution in [2.75, 3.05) is 0 Å². The fraction of sp³-hybridized carbons (Fsp3) is 0.0476. The van der Waals surface area contributed by atoms with Crippen LogP contribution in [0.4, 0.5) is 0 Å². The van der Waals surface area contributed by atoms with Crippen molar-refractivity contribution in [3.8, 4) is 17.2 Å². The van der Waals surface area contributed by atoms with E-state index in [1.54, 1.807) is 30.5 Å². The van der Waals surface area contributed by atoms with Crippen LogP contribution in [0.5, 0.6) is 17.2 Å². The molecule has 7 nitrogen and oxygen atoms in total. The molecule has 0 aliphatic carbocycles. The summed E-state index contributed by atoms with van der Waals surface area (Å²) in [5.41, 5.74) is 0.435. The number of para-hydroxylation sites is 1. The van der Waals surface area contributed by atoms with Crippen molar-refractivity contribution >= 4 is 17.9 Å². The number of carbonyl (C=O) groups excluding carboxylic acids is 3. The predicted octanol–water partition coefficient (Wildman–Crippen LogP) is 3.45. The number of pyridine rings is 1. The Morgan fingerprint density at radius 2 is 1.39 bits per heavy atom. The second-order valence-electron chi connectivity index (χ2n) is 5.58. The van der Waals surface area contributed by atoms with Gasteiger partial charge in [0.1, 0.15) is 22.8 Å². The second-order valence-corrected chi connectivity index (χ2v) is 5.58. The van der Waals surface area contributed by atoms with Gasteiger partial charge in [0.15, 0.2) is 0 Å². The smallest absolute Gasteiger partial charge is 0.347 e. The average molecular weight is 377 g/mol. The Morgan fingerprint density at radius 3 is 2.00 bits per heavy atom. The molecule has 0 N–H and O–H groups in total. The molecule has 1 aromatic heterocycles. The average Bonchev–Trinajstić information content (AvgIpc) is 2.70. The topological polar surface area (TPSA) is 91.8 Å². The van der Waals surface area contributed by atoms with Crippen molar-refractivity contribution in [2.45, 2.75) is 6.92 Å². The van der Waals surface area contributed by atoms with Gasteiger partial charge in [-0.2, -0.15) is 0 Å². The molecule has 3 rings (SSSR count). The van der Waals surface area contributed by atoms with E-state index in [1.165, 1.54) is 49.5 Å². The van der Waals surface area contributed by atoms with Gasteiger partial charge in [0.05, 0.1) is 5.56 Å². The van der Waals surface area contributed by atoms with Gasteiger partial charge in [-0.05, 0) is 48.5 Å². The van der Waals surface area contributed by atoms with Crippen molar-refractivity contribution in [1.29, 1.82) is 0 Å². The van der Waals surface area contributed by atoms with E-state index in [4.69, 9.17) is 14.2 Å². The van der Waals surface area contributed by atoms with Gasteiger partial charge >= 0.3 is 17.9 Å². The van der Waals surface area contributed by atoms with E-state index in [2.05, 4.69) is 4.98 Å². The minimum absolute atomic E-state index is 0.113. The predicted molar refractivity (Wildman–Crippen MR) is 98.3 cm³/mol. The highest BCUT2D eigenvalue weighted by Gasteiger charge is 2.16. The van der Waals surface area contributed by atoms with E-state index in [-0.39, 0.29) is 22.8 Å². The Bertz CT molecular complexity index is 999. The third-order valence-corrected chi connectivity index (χ3v) is 3.50. The Labute approximate surface area is 160 Å². The summed E-state index contributed by atoms with van der Waals surface area (Å²) in [7, 11) is 0. The zero-order valence-electron chi connectivity index (χ0n) is 14.8. The fourth-order valence-corrected chi connectivity index (χ4v) is 2.27. The van der Waals surface area contributed by atoms with Crippen LogP contribution in [0.15, 0.2) is 73.1 Å². The largest absolute Gasteiger partial charge is 0.426 e. The quantitative estimate of drug-likeness (QED) is 0.497. The van der Waals surface area contributed by atoms with E-state index < -0.39 is 17.9 Å². The molecule has 2 aromatic carbocycles. The maximum atomic E-state index is 12.4. The molecule has 140 valence electrons. The van der Waals surface area contributed by atoms with Gasteiger partial charge in [-0.15, -0.1) is 0 Å². The van der Waals surface area contributed by atoms with Crippen molar-refractivity contribution < 1.29 is 28.6 Å². The molecular formula is C21H15NO6. The molecule has 0 bridgehead atoms. The first kappa shape index (κ1) is 18.8. The lowest BCUT2D eigenvalue weighted by atomic mass is 10.2. The van der Waals surface area contributed by atoms with Gasteiger partial charge in [-0.25, -0.2) is 9.59 Å². The molecule has 1 heterocycles. The molecule has 0 unspecified atom stereocenters. The molecule has 7 heteroatoms. The molecule has 0 aliphatic heterocycles. The molecule has 0 radical (unpaired) electrons. The van der Waals surface area contributed by atoms with Crippen LogP contribution in [0.1, 0.15) is 27.6 Å². The molecule has 0 saturated heterocycles. The van der Waals surface area contributed by atoms with Gasteiger partial charge in [0.2, 0.25) is 0 Å². The lowest BCUT2D eigenvalue weighted by molar-refractivity contribution is -0.131. The minimum Gasteiger partial charge on any atom is -0.426 e. The van der Waals surface area contributed by atoms with Gasteiger partial charge < -0.3 is 14.2 Å². The normalized spacial score (nSPS) is 10.0. The number of carbonyl (C=O) groups is 3. The Balaban J connectivity index is 1.67. The Hall–Kier alpha value is -4.00. The van der Waals surface area contributed by atoms with Crippen molar-refractivity contribution in [1.82, 2.24) is 4.98 Å². The van der Waals surface area contributed by atoms with Crippen LogP contribution in [-0.4, -0.2) is 22.9 Å². The third-order valence-electron chi connectivity index (χ3n) is 3.50. The highest BCUT2D eigenvalue weighted by Crippen LogP contribution is 2.23. The maximum Gasteiger partial charge on any atom is 0.347 e. The number of benzene rings is 2. The number of aromatic nitrogens is 1. The summed E-state index contributed by atoms with van der Waals surface area (Å²) in [4.78, 5) is 39.4. The summed E-state index contributed by atoms with van der Waals surface area (Å²) in [5, 5.41) is 0. The summed E-state index contributed by atoms with van der Waals surface area (Å²) in [6, 6.07) is 15.4. The number of hydrogen-bond acceptors (Lipinski definition) is 7. The number of hydrogen-bond donors (Lipinski definition) is 0. The first-order chi connectivity index (χ1) is 13.5. The highest BCUT2D eigenvalue weighted by molar-refractivity contribution is 5.95. The maximum absolute atomic E-state index is 12.4. The lowest BCUT2D eigenvalue weighted by Gasteiger charge is -2.09. The third kappa shape index (κ3) is 4.79. The first-order valence-corrected chi connectivity index (χ1v) is 8.25. The van der Waals surface area contributed by atoms with Crippen LogP contribution in [0, 0.1) is 0 Å². The summed E-state index contributed by atoms with van der Waals surface area (Å²) in [5.74, 6) is -1.13.